The predicted octanol–water partition coefficient (Wildman–Crippen LogP) is 1.68. The zero-order valence-electron chi connectivity index (χ0n) is 10.8. The third-order valence-electron chi connectivity index (χ3n) is 2.73. The summed E-state index contributed by atoms with van der Waals surface area (Å²) in [5.74, 6) is -0.315. The third kappa shape index (κ3) is 3.31. The van der Waals surface area contributed by atoms with Gasteiger partial charge in [-0.25, -0.2) is 0 Å². The minimum atomic E-state index is -0.315. The van der Waals surface area contributed by atoms with Crippen LogP contribution in [0.15, 0.2) is 12.1 Å². The SMILES string of the molecule is CCOC(=O)Cc1cc(CN)cc(CC)c1C#N. The summed E-state index contributed by atoms with van der Waals surface area (Å²) in [7, 11) is 0. The molecular formula is C14H18N2O2. The van der Waals surface area contributed by atoms with Crippen LogP contribution in [0.4, 0.5) is 0 Å². The number of nitrogens with zero attached hydrogens (tertiary/aromatic N) is 1. The molecule has 0 heterocycles. The molecule has 0 aliphatic carbocycles. The molecule has 4 heteroatoms. The number of nitrogens with two attached hydrogens (primary N) is 1. The van der Waals surface area contributed by atoms with Crippen molar-refractivity contribution in [3.8, 4) is 6.07 Å². The van der Waals surface area contributed by atoms with Crippen LogP contribution >= 0.6 is 0 Å². The van der Waals surface area contributed by atoms with Crippen molar-refractivity contribution in [3.63, 3.8) is 0 Å². The fraction of sp³-hybridized carbons (Fsp3) is 0.429. The van der Waals surface area contributed by atoms with Gasteiger partial charge in [0.05, 0.1) is 24.7 Å². The number of carbonyl (C=O) groups excluding carboxylic acids is 1. The average Bonchev–Trinajstić information content (AvgIpc) is 2.37. The number of nitriles is 1. The Morgan fingerprint density at radius 3 is 2.56 bits per heavy atom. The van der Waals surface area contributed by atoms with Crippen molar-refractivity contribution in [1.82, 2.24) is 0 Å². The Morgan fingerprint density at radius 1 is 1.39 bits per heavy atom. The molecule has 0 aliphatic rings. The maximum absolute atomic E-state index is 11.5. The van der Waals surface area contributed by atoms with E-state index in [4.69, 9.17) is 10.5 Å². The van der Waals surface area contributed by atoms with Crippen molar-refractivity contribution in [2.45, 2.75) is 33.2 Å². The molecule has 96 valence electrons. The van der Waals surface area contributed by atoms with Crippen LogP contribution < -0.4 is 5.73 Å². The van der Waals surface area contributed by atoms with Crippen LogP contribution in [0.5, 0.6) is 0 Å². The first-order valence-corrected chi connectivity index (χ1v) is 6.06. The van der Waals surface area contributed by atoms with Gasteiger partial charge >= 0.3 is 5.97 Å². The molecule has 0 spiro atoms. The van der Waals surface area contributed by atoms with Crippen LogP contribution in [0.2, 0.25) is 0 Å². The molecule has 0 aromatic heterocycles. The Labute approximate surface area is 107 Å². The van der Waals surface area contributed by atoms with E-state index in [-0.39, 0.29) is 12.4 Å². The van der Waals surface area contributed by atoms with E-state index in [1.54, 1.807) is 6.92 Å². The Morgan fingerprint density at radius 2 is 2.06 bits per heavy atom. The largest absolute Gasteiger partial charge is 0.466 e. The fourth-order valence-electron chi connectivity index (χ4n) is 1.89. The van der Waals surface area contributed by atoms with Crippen molar-refractivity contribution in [3.05, 3.63) is 34.4 Å². The molecule has 18 heavy (non-hydrogen) atoms. The number of esters is 1. The van der Waals surface area contributed by atoms with Crippen LogP contribution in [0, 0.1) is 11.3 Å². The van der Waals surface area contributed by atoms with Crippen molar-refractivity contribution in [1.29, 1.82) is 5.26 Å². The number of benzene rings is 1. The minimum Gasteiger partial charge on any atom is -0.466 e. The fourth-order valence-corrected chi connectivity index (χ4v) is 1.89. The van der Waals surface area contributed by atoms with Crippen molar-refractivity contribution in [2.24, 2.45) is 5.73 Å². The molecule has 1 aromatic carbocycles. The first kappa shape index (κ1) is 14.2. The van der Waals surface area contributed by atoms with Crippen LogP contribution in [0.3, 0.4) is 0 Å². The van der Waals surface area contributed by atoms with E-state index in [2.05, 4.69) is 6.07 Å². The number of ether oxygens (including phenoxy) is 1. The van der Waals surface area contributed by atoms with E-state index in [0.29, 0.717) is 24.3 Å². The van der Waals surface area contributed by atoms with E-state index < -0.39 is 0 Å². The molecule has 0 atom stereocenters. The summed E-state index contributed by atoms with van der Waals surface area (Å²) in [6.45, 7) is 4.48. The van der Waals surface area contributed by atoms with Crippen LogP contribution in [-0.4, -0.2) is 12.6 Å². The average molecular weight is 246 g/mol. The lowest BCUT2D eigenvalue weighted by Crippen LogP contribution is -2.11. The van der Waals surface area contributed by atoms with Gasteiger partial charge in [-0.3, -0.25) is 4.79 Å². The Balaban J connectivity index is 3.15. The van der Waals surface area contributed by atoms with Crippen LogP contribution in [0.25, 0.3) is 0 Å². The molecule has 0 unspecified atom stereocenters. The maximum Gasteiger partial charge on any atom is 0.310 e. The predicted molar refractivity (Wildman–Crippen MR) is 68.8 cm³/mol. The lowest BCUT2D eigenvalue weighted by molar-refractivity contribution is -0.142. The molecule has 0 radical (unpaired) electrons. The molecule has 0 saturated carbocycles. The normalized spacial score (nSPS) is 9.89. The summed E-state index contributed by atoms with van der Waals surface area (Å²) in [5.41, 5.74) is 8.77. The lowest BCUT2D eigenvalue weighted by atomic mass is 9.95. The topological polar surface area (TPSA) is 76.1 Å². The maximum atomic E-state index is 11.5. The molecule has 4 nitrogen and oxygen atoms in total. The third-order valence-corrected chi connectivity index (χ3v) is 2.73. The van der Waals surface area contributed by atoms with Gasteiger partial charge in [0.1, 0.15) is 0 Å². The highest BCUT2D eigenvalue weighted by molar-refractivity contribution is 5.74. The van der Waals surface area contributed by atoms with Crippen molar-refractivity contribution < 1.29 is 9.53 Å². The molecule has 0 saturated heterocycles. The van der Waals surface area contributed by atoms with E-state index in [9.17, 15) is 10.1 Å². The first-order valence-electron chi connectivity index (χ1n) is 6.06. The van der Waals surface area contributed by atoms with E-state index in [1.807, 2.05) is 19.1 Å². The summed E-state index contributed by atoms with van der Waals surface area (Å²) >= 11 is 0. The zero-order chi connectivity index (χ0) is 13.5. The highest BCUT2D eigenvalue weighted by atomic mass is 16.5. The molecule has 0 fully saturated rings. The van der Waals surface area contributed by atoms with Gasteiger partial charge in [-0.05, 0) is 30.0 Å². The quantitative estimate of drug-likeness (QED) is 0.802. The minimum absolute atomic E-state index is 0.123. The van der Waals surface area contributed by atoms with E-state index in [0.717, 1.165) is 17.5 Å². The Hall–Kier alpha value is -1.86. The summed E-state index contributed by atoms with van der Waals surface area (Å²) in [6.07, 6.45) is 0.865. The van der Waals surface area contributed by atoms with Gasteiger partial charge in [-0.1, -0.05) is 19.1 Å². The molecule has 2 N–H and O–H groups in total. The second-order valence-corrected chi connectivity index (χ2v) is 3.94. The summed E-state index contributed by atoms with van der Waals surface area (Å²) < 4.78 is 4.91. The summed E-state index contributed by atoms with van der Waals surface area (Å²) in [4.78, 5) is 11.5. The van der Waals surface area contributed by atoms with Gasteiger partial charge in [-0.2, -0.15) is 5.26 Å². The van der Waals surface area contributed by atoms with E-state index in [1.165, 1.54) is 0 Å². The standard InChI is InChI=1S/C14H18N2O2/c1-3-11-5-10(8-15)6-12(13(11)9-16)7-14(17)18-4-2/h5-6H,3-4,7-8,15H2,1-2H3. The molecule has 0 amide bonds. The van der Waals surface area contributed by atoms with Gasteiger partial charge in [0.25, 0.3) is 0 Å². The van der Waals surface area contributed by atoms with Crippen molar-refractivity contribution in [2.75, 3.05) is 6.61 Å². The van der Waals surface area contributed by atoms with Crippen LogP contribution in [0.1, 0.15) is 36.1 Å². The van der Waals surface area contributed by atoms with Gasteiger partial charge < -0.3 is 10.5 Å². The van der Waals surface area contributed by atoms with Gasteiger partial charge in [0.15, 0.2) is 0 Å². The molecule has 1 aromatic rings. The first-order chi connectivity index (χ1) is 8.65. The van der Waals surface area contributed by atoms with Gasteiger partial charge in [0.2, 0.25) is 0 Å². The number of hydrogen-bond acceptors (Lipinski definition) is 4. The highest BCUT2D eigenvalue weighted by Crippen LogP contribution is 2.19. The Bertz CT molecular complexity index is 475. The lowest BCUT2D eigenvalue weighted by Gasteiger charge is -2.10. The highest BCUT2D eigenvalue weighted by Gasteiger charge is 2.13. The molecule has 0 bridgehead atoms. The number of hydrogen-bond donors (Lipinski definition) is 1. The molecule has 0 aliphatic heterocycles. The van der Waals surface area contributed by atoms with Gasteiger partial charge in [0, 0.05) is 6.54 Å². The number of carbonyl (C=O) groups is 1. The molecular weight excluding hydrogens is 228 g/mol. The zero-order valence-corrected chi connectivity index (χ0v) is 10.8. The monoisotopic (exact) mass is 246 g/mol. The smallest absolute Gasteiger partial charge is 0.310 e. The molecule has 1 rings (SSSR count). The van der Waals surface area contributed by atoms with Crippen LogP contribution in [-0.2, 0) is 28.9 Å². The Kier molecular flexibility index (Phi) is 5.34. The van der Waals surface area contributed by atoms with Crippen molar-refractivity contribution >= 4 is 5.97 Å². The summed E-state index contributed by atoms with van der Waals surface area (Å²) in [6, 6.07) is 5.90. The van der Waals surface area contributed by atoms with Gasteiger partial charge in [-0.15, -0.1) is 0 Å². The number of aryl methyl sites for hydroxylation is 1. The van der Waals surface area contributed by atoms with E-state index >= 15 is 0 Å². The number of rotatable bonds is 5. The summed E-state index contributed by atoms with van der Waals surface area (Å²) in [5, 5.41) is 9.20. The second-order valence-electron chi connectivity index (χ2n) is 3.94. The second kappa shape index (κ2) is 6.77.